The average molecular weight is 410 g/mol. The van der Waals surface area contributed by atoms with E-state index in [-0.39, 0.29) is 17.9 Å². The molecule has 1 aromatic heterocycles. The zero-order valence-corrected chi connectivity index (χ0v) is 15.8. The molecule has 0 radical (unpaired) electrons. The molecule has 0 aliphatic heterocycles. The molecule has 0 saturated heterocycles. The van der Waals surface area contributed by atoms with Crippen LogP contribution in [0.4, 0.5) is 13.9 Å². The largest absolute Gasteiger partial charge is 0.435 e. The van der Waals surface area contributed by atoms with Crippen LogP contribution in [-0.4, -0.2) is 35.2 Å². The molecule has 2 amide bonds. The molecule has 2 N–H and O–H groups in total. The number of halogens is 2. The van der Waals surface area contributed by atoms with Gasteiger partial charge < -0.3 is 10.1 Å². The average Bonchev–Trinajstić information content (AvgIpc) is 3.15. The highest BCUT2D eigenvalue weighted by Crippen LogP contribution is 2.35. The molecule has 28 heavy (non-hydrogen) atoms. The number of anilines is 1. The molecule has 1 saturated carbocycles. The Balaban J connectivity index is 1.46. The van der Waals surface area contributed by atoms with Gasteiger partial charge in [-0.05, 0) is 37.1 Å². The van der Waals surface area contributed by atoms with Gasteiger partial charge in [0, 0.05) is 11.5 Å². The highest BCUT2D eigenvalue weighted by molar-refractivity contribution is 7.15. The predicted octanol–water partition coefficient (Wildman–Crippen LogP) is 3.56. The Kier molecular flexibility index (Phi) is 6.85. The van der Waals surface area contributed by atoms with Crippen molar-refractivity contribution in [3.05, 3.63) is 34.8 Å². The third-order valence-electron chi connectivity index (χ3n) is 4.39. The fraction of sp³-hybridized carbons (Fsp3) is 0.444. The summed E-state index contributed by atoms with van der Waals surface area (Å²) >= 11 is 1.36. The minimum absolute atomic E-state index is 0.0469. The van der Waals surface area contributed by atoms with Crippen LogP contribution >= 0.6 is 11.3 Å². The van der Waals surface area contributed by atoms with E-state index >= 15 is 0 Å². The normalized spacial score (nSPS) is 14.7. The van der Waals surface area contributed by atoms with Crippen LogP contribution in [0.3, 0.4) is 0 Å². The Morgan fingerprint density at radius 2 is 1.86 bits per heavy atom. The number of carbonyl (C=O) groups excluding carboxylic acids is 2. The third kappa shape index (κ3) is 5.69. The minimum atomic E-state index is -2.93. The van der Waals surface area contributed by atoms with Crippen LogP contribution in [-0.2, 0) is 4.79 Å². The summed E-state index contributed by atoms with van der Waals surface area (Å²) in [4.78, 5) is 24.1. The zero-order chi connectivity index (χ0) is 19.9. The lowest BCUT2D eigenvalue weighted by Crippen LogP contribution is -2.32. The van der Waals surface area contributed by atoms with Crippen LogP contribution in [0.15, 0.2) is 24.3 Å². The van der Waals surface area contributed by atoms with Gasteiger partial charge in [0.15, 0.2) is 0 Å². The number of hydrogen-bond donors (Lipinski definition) is 2. The molecular weight excluding hydrogens is 390 g/mol. The molecule has 150 valence electrons. The summed E-state index contributed by atoms with van der Waals surface area (Å²) < 4.78 is 28.5. The molecule has 1 heterocycles. The van der Waals surface area contributed by atoms with Crippen molar-refractivity contribution in [2.24, 2.45) is 0 Å². The molecule has 1 aliphatic rings. The van der Waals surface area contributed by atoms with Gasteiger partial charge in [0.2, 0.25) is 11.0 Å². The SMILES string of the molecule is O=C(CNC(=O)c1ccc(OC(F)F)cc1)Nc1nnc(C2CCCCC2)s1. The Morgan fingerprint density at radius 3 is 2.54 bits per heavy atom. The molecule has 7 nitrogen and oxygen atoms in total. The Labute approximate surface area is 164 Å². The van der Waals surface area contributed by atoms with Crippen LogP contribution in [0.1, 0.15) is 53.4 Å². The number of rotatable bonds is 7. The van der Waals surface area contributed by atoms with Gasteiger partial charge in [0.05, 0.1) is 6.54 Å². The van der Waals surface area contributed by atoms with E-state index in [1.165, 1.54) is 54.9 Å². The van der Waals surface area contributed by atoms with Crippen molar-refractivity contribution in [2.45, 2.75) is 44.6 Å². The van der Waals surface area contributed by atoms with Gasteiger partial charge in [0.1, 0.15) is 10.8 Å². The number of hydrogen-bond acceptors (Lipinski definition) is 6. The number of benzene rings is 1. The fourth-order valence-corrected chi connectivity index (χ4v) is 3.94. The summed E-state index contributed by atoms with van der Waals surface area (Å²) in [6.07, 6.45) is 5.82. The quantitative estimate of drug-likeness (QED) is 0.728. The lowest BCUT2D eigenvalue weighted by molar-refractivity contribution is -0.115. The van der Waals surface area contributed by atoms with Crippen molar-refractivity contribution < 1.29 is 23.1 Å². The van der Waals surface area contributed by atoms with E-state index in [2.05, 4.69) is 25.6 Å². The van der Waals surface area contributed by atoms with Gasteiger partial charge in [-0.15, -0.1) is 10.2 Å². The van der Waals surface area contributed by atoms with Crippen molar-refractivity contribution in [3.8, 4) is 5.75 Å². The zero-order valence-electron chi connectivity index (χ0n) is 15.0. The van der Waals surface area contributed by atoms with Crippen LogP contribution in [0.2, 0.25) is 0 Å². The van der Waals surface area contributed by atoms with Crippen molar-refractivity contribution in [2.75, 3.05) is 11.9 Å². The molecule has 1 aliphatic carbocycles. The van der Waals surface area contributed by atoms with E-state index in [1.54, 1.807) is 0 Å². The van der Waals surface area contributed by atoms with Gasteiger partial charge in [-0.3, -0.25) is 14.9 Å². The number of alkyl halides is 2. The van der Waals surface area contributed by atoms with Crippen molar-refractivity contribution in [3.63, 3.8) is 0 Å². The second kappa shape index (κ2) is 9.54. The van der Waals surface area contributed by atoms with Gasteiger partial charge in [-0.2, -0.15) is 8.78 Å². The molecule has 0 unspecified atom stereocenters. The van der Waals surface area contributed by atoms with E-state index in [4.69, 9.17) is 0 Å². The van der Waals surface area contributed by atoms with Crippen LogP contribution in [0.25, 0.3) is 0 Å². The van der Waals surface area contributed by atoms with Crippen LogP contribution in [0.5, 0.6) is 5.75 Å². The first kappa shape index (κ1) is 20.1. The van der Waals surface area contributed by atoms with Crippen molar-refractivity contribution in [1.82, 2.24) is 15.5 Å². The number of aromatic nitrogens is 2. The lowest BCUT2D eigenvalue weighted by Gasteiger charge is -2.18. The molecule has 10 heteroatoms. The van der Waals surface area contributed by atoms with Crippen molar-refractivity contribution >= 4 is 28.3 Å². The maximum atomic E-state index is 12.1. The first-order valence-electron chi connectivity index (χ1n) is 8.97. The van der Waals surface area contributed by atoms with Gasteiger partial charge in [-0.25, -0.2) is 0 Å². The molecule has 0 atom stereocenters. The van der Waals surface area contributed by atoms with Gasteiger partial charge in [-0.1, -0.05) is 30.6 Å². The number of carbonyl (C=O) groups is 2. The lowest BCUT2D eigenvalue weighted by atomic mass is 9.90. The van der Waals surface area contributed by atoms with Gasteiger partial charge >= 0.3 is 6.61 Å². The summed E-state index contributed by atoms with van der Waals surface area (Å²) in [5.74, 6) is -0.556. The smallest absolute Gasteiger partial charge is 0.387 e. The highest BCUT2D eigenvalue weighted by Gasteiger charge is 2.20. The van der Waals surface area contributed by atoms with Crippen molar-refractivity contribution in [1.29, 1.82) is 0 Å². The second-order valence-electron chi connectivity index (χ2n) is 6.41. The fourth-order valence-electron chi connectivity index (χ4n) is 3.01. The Bertz CT molecular complexity index is 807. The number of ether oxygens (including phenoxy) is 1. The molecule has 0 spiro atoms. The maximum Gasteiger partial charge on any atom is 0.387 e. The predicted molar refractivity (Wildman–Crippen MR) is 99.8 cm³/mol. The van der Waals surface area contributed by atoms with Crippen LogP contribution < -0.4 is 15.4 Å². The molecular formula is C18H20F2N4O3S. The summed E-state index contributed by atoms with van der Waals surface area (Å²) in [7, 11) is 0. The second-order valence-corrected chi connectivity index (χ2v) is 7.42. The molecule has 3 rings (SSSR count). The highest BCUT2D eigenvalue weighted by atomic mass is 32.1. The first-order chi connectivity index (χ1) is 13.5. The maximum absolute atomic E-state index is 12.1. The molecule has 1 fully saturated rings. The third-order valence-corrected chi connectivity index (χ3v) is 5.39. The Hall–Kier alpha value is -2.62. The van der Waals surface area contributed by atoms with E-state index in [0.717, 1.165) is 17.8 Å². The number of nitrogens with zero attached hydrogens (tertiary/aromatic N) is 2. The first-order valence-corrected chi connectivity index (χ1v) is 9.79. The summed E-state index contributed by atoms with van der Waals surface area (Å²) in [6, 6.07) is 5.20. The van der Waals surface area contributed by atoms with E-state index < -0.39 is 18.4 Å². The Morgan fingerprint density at radius 1 is 1.14 bits per heavy atom. The van der Waals surface area contributed by atoms with E-state index in [9.17, 15) is 18.4 Å². The number of amides is 2. The summed E-state index contributed by atoms with van der Waals surface area (Å²) in [5.41, 5.74) is 0.227. The minimum Gasteiger partial charge on any atom is -0.435 e. The molecule has 2 aromatic rings. The molecule has 1 aromatic carbocycles. The number of nitrogens with one attached hydrogen (secondary N) is 2. The standard InChI is InChI=1S/C18H20F2N4O3S/c19-17(20)27-13-8-6-11(7-9-13)15(26)21-10-14(25)22-18-24-23-16(28-18)12-4-2-1-3-5-12/h6-9,12,17H,1-5,10H2,(H,21,26)(H,22,24,25). The molecule has 0 bridgehead atoms. The van der Waals surface area contributed by atoms with E-state index in [1.807, 2.05) is 0 Å². The summed E-state index contributed by atoms with van der Waals surface area (Å²) in [6.45, 7) is -3.17. The topological polar surface area (TPSA) is 93.2 Å². The summed E-state index contributed by atoms with van der Waals surface area (Å²) in [5, 5.41) is 14.6. The monoisotopic (exact) mass is 410 g/mol. The van der Waals surface area contributed by atoms with Gasteiger partial charge in [0.25, 0.3) is 5.91 Å². The van der Waals surface area contributed by atoms with E-state index in [0.29, 0.717) is 11.0 Å². The van der Waals surface area contributed by atoms with Crippen LogP contribution in [0, 0.1) is 0 Å².